The van der Waals surface area contributed by atoms with Crippen LogP contribution in [0.4, 0.5) is 0 Å². The van der Waals surface area contributed by atoms with Crippen LogP contribution in [0.3, 0.4) is 0 Å². The van der Waals surface area contributed by atoms with Crippen LogP contribution in [0.1, 0.15) is 51.0 Å². The van der Waals surface area contributed by atoms with E-state index in [1.54, 1.807) is 6.20 Å². The fourth-order valence-corrected chi connectivity index (χ4v) is 1.41. The smallest absolute Gasteiger partial charge is 0.0805 e. The minimum Gasteiger partial charge on any atom is -0.388 e. The van der Waals surface area contributed by atoms with Gasteiger partial charge < -0.3 is 5.11 Å². The third-order valence-corrected chi connectivity index (χ3v) is 2.49. The van der Waals surface area contributed by atoms with E-state index < -0.39 is 0 Å². The van der Waals surface area contributed by atoms with Crippen LogP contribution in [0.5, 0.6) is 0 Å². The summed E-state index contributed by atoms with van der Waals surface area (Å²) in [6, 6.07) is 3.89. The molecule has 15 heavy (non-hydrogen) atoms. The predicted molar refractivity (Wildman–Crippen MR) is 62.6 cm³/mol. The average Bonchev–Trinajstić information content (AvgIpc) is 2.14. The molecular weight excluding hydrogens is 186 g/mol. The Labute approximate surface area is 92.4 Å². The topological polar surface area (TPSA) is 33.1 Å². The Bertz CT molecular complexity index is 297. The Kier molecular flexibility index (Phi) is 3.86. The van der Waals surface area contributed by atoms with E-state index in [2.05, 4.69) is 25.8 Å². The number of rotatable bonds is 3. The fraction of sp³-hybridized carbons (Fsp3) is 0.615. The quantitative estimate of drug-likeness (QED) is 0.825. The van der Waals surface area contributed by atoms with Crippen molar-refractivity contribution in [1.82, 2.24) is 4.98 Å². The van der Waals surface area contributed by atoms with Crippen molar-refractivity contribution in [1.29, 1.82) is 0 Å². The molecule has 0 spiro atoms. The van der Waals surface area contributed by atoms with Crippen molar-refractivity contribution in [3.05, 3.63) is 29.6 Å². The molecule has 0 radical (unpaired) electrons. The van der Waals surface area contributed by atoms with E-state index >= 15 is 0 Å². The Hall–Kier alpha value is -0.890. The Morgan fingerprint density at radius 2 is 2.00 bits per heavy atom. The normalized spacial score (nSPS) is 13.9. The van der Waals surface area contributed by atoms with E-state index in [4.69, 9.17) is 0 Å². The maximum Gasteiger partial charge on any atom is 0.0805 e. The van der Waals surface area contributed by atoms with Crippen molar-refractivity contribution in [2.45, 2.75) is 46.6 Å². The molecule has 2 nitrogen and oxygen atoms in total. The summed E-state index contributed by atoms with van der Waals surface area (Å²) < 4.78 is 0. The summed E-state index contributed by atoms with van der Waals surface area (Å²) in [6.45, 7) is 8.51. The van der Waals surface area contributed by atoms with Crippen molar-refractivity contribution < 1.29 is 5.11 Å². The van der Waals surface area contributed by atoms with Crippen LogP contribution < -0.4 is 0 Å². The SMILES string of the molecule is Cc1ccc(C(O)CCC(C)(C)C)cn1. The lowest BCUT2D eigenvalue weighted by Gasteiger charge is -2.20. The highest BCUT2D eigenvalue weighted by Crippen LogP contribution is 2.26. The highest BCUT2D eigenvalue weighted by molar-refractivity contribution is 5.15. The van der Waals surface area contributed by atoms with Gasteiger partial charge in [0.05, 0.1) is 6.10 Å². The van der Waals surface area contributed by atoms with Crippen LogP contribution in [0.25, 0.3) is 0 Å². The lowest BCUT2D eigenvalue weighted by atomic mass is 9.88. The largest absolute Gasteiger partial charge is 0.388 e. The fourth-order valence-electron chi connectivity index (χ4n) is 1.41. The van der Waals surface area contributed by atoms with Gasteiger partial charge in [-0.1, -0.05) is 26.8 Å². The zero-order valence-corrected chi connectivity index (χ0v) is 10.1. The van der Waals surface area contributed by atoms with E-state index in [1.807, 2.05) is 19.1 Å². The molecule has 1 heterocycles. The molecular formula is C13H21NO. The molecule has 0 bridgehead atoms. The molecule has 0 amide bonds. The number of aliphatic hydroxyl groups excluding tert-OH is 1. The molecule has 1 atom stereocenters. The summed E-state index contributed by atoms with van der Waals surface area (Å²) in [5.74, 6) is 0. The molecule has 2 heteroatoms. The predicted octanol–water partition coefficient (Wildman–Crippen LogP) is 3.25. The third kappa shape index (κ3) is 4.43. The van der Waals surface area contributed by atoms with Crippen molar-refractivity contribution in [3.8, 4) is 0 Å². The molecule has 0 fully saturated rings. The van der Waals surface area contributed by atoms with Gasteiger partial charge in [0.1, 0.15) is 0 Å². The van der Waals surface area contributed by atoms with Gasteiger partial charge in [0.25, 0.3) is 0 Å². The summed E-state index contributed by atoms with van der Waals surface area (Å²) in [5.41, 5.74) is 2.19. The molecule has 1 aromatic heterocycles. The molecule has 0 aliphatic heterocycles. The minimum absolute atomic E-state index is 0.277. The van der Waals surface area contributed by atoms with E-state index in [0.717, 1.165) is 24.1 Å². The van der Waals surface area contributed by atoms with Gasteiger partial charge in [-0.25, -0.2) is 0 Å². The van der Waals surface area contributed by atoms with Crippen LogP contribution in [-0.2, 0) is 0 Å². The summed E-state index contributed by atoms with van der Waals surface area (Å²) in [5, 5.41) is 9.93. The second kappa shape index (κ2) is 4.75. The van der Waals surface area contributed by atoms with Crippen LogP contribution in [-0.4, -0.2) is 10.1 Å². The van der Waals surface area contributed by atoms with E-state index in [9.17, 15) is 5.11 Å². The van der Waals surface area contributed by atoms with Gasteiger partial charge >= 0.3 is 0 Å². The highest BCUT2D eigenvalue weighted by atomic mass is 16.3. The van der Waals surface area contributed by atoms with Crippen molar-refractivity contribution in [3.63, 3.8) is 0 Å². The van der Waals surface area contributed by atoms with Crippen LogP contribution in [0.15, 0.2) is 18.3 Å². The lowest BCUT2D eigenvalue weighted by molar-refractivity contribution is 0.147. The van der Waals surface area contributed by atoms with Gasteiger partial charge in [0.15, 0.2) is 0 Å². The molecule has 1 aromatic rings. The van der Waals surface area contributed by atoms with E-state index in [-0.39, 0.29) is 11.5 Å². The first kappa shape index (κ1) is 12.2. The molecule has 1 unspecified atom stereocenters. The number of nitrogens with zero attached hydrogens (tertiary/aromatic N) is 1. The molecule has 0 aliphatic carbocycles. The summed E-state index contributed by atoms with van der Waals surface area (Å²) in [6.07, 6.45) is 3.20. The zero-order chi connectivity index (χ0) is 11.5. The van der Waals surface area contributed by atoms with E-state index in [1.165, 1.54) is 0 Å². The standard InChI is InChI=1S/C13H21NO/c1-10-5-6-11(9-14-10)12(15)7-8-13(2,3)4/h5-6,9,12,15H,7-8H2,1-4H3. The lowest BCUT2D eigenvalue weighted by Crippen LogP contribution is -2.08. The number of hydrogen-bond donors (Lipinski definition) is 1. The molecule has 0 saturated heterocycles. The third-order valence-electron chi connectivity index (χ3n) is 2.49. The van der Waals surface area contributed by atoms with Crippen LogP contribution in [0.2, 0.25) is 0 Å². The summed E-state index contributed by atoms with van der Waals surface area (Å²) in [7, 11) is 0. The first-order valence-corrected chi connectivity index (χ1v) is 5.49. The maximum absolute atomic E-state index is 9.93. The second-order valence-corrected chi connectivity index (χ2v) is 5.35. The van der Waals surface area contributed by atoms with Crippen molar-refractivity contribution >= 4 is 0 Å². The van der Waals surface area contributed by atoms with Crippen LogP contribution in [0, 0.1) is 12.3 Å². The second-order valence-electron chi connectivity index (χ2n) is 5.35. The van der Waals surface area contributed by atoms with E-state index in [0.29, 0.717) is 0 Å². The monoisotopic (exact) mass is 207 g/mol. The van der Waals surface area contributed by atoms with Gasteiger partial charge in [0.2, 0.25) is 0 Å². The first-order chi connectivity index (χ1) is 6.88. The number of aliphatic hydroxyl groups is 1. The minimum atomic E-state index is -0.377. The summed E-state index contributed by atoms with van der Waals surface area (Å²) >= 11 is 0. The number of aromatic nitrogens is 1. The molecule has 1 rings (SSSR count). The Morgan fingerprint density at radius 3 is 2.47 bits per heavy atom. The number of hydrogen-bond acceptors (Lipinski definition) is 2. The van der Waals surface area contributed by atoms with Gasteiger partial charge in [-0.2, -0.15) is 0 Å². The van der Waals surface area contributed by atoms with Gasteiger partial charge in [-0.05, 0) is 36.8 Å². The molecule has 0 aromatic carbocycles. The maximum atomic E-state index is 9.93. The Morgan fingerprint density at radius 1 is 1.33 bits per heavy atom. The van der Waals surface area contributed by atoms with Crippen LogP contribution >= 0.6 is 0 Å². The highest BCUT2D eigenvalue weighted by Gasteiger charge is 2.14. The average molecular weight is 207 g/mol. The van der Waals surface area contributed by atoms with Gasteiger partial charge in [-0.3, -0.25) is 4.98 Å². The molecule has 0 aliphatic rings. The number of pyridine rings is 1. The molecule has 1 N–H and O–H groups in total. The number of aryl methyl sites for hydroxylation is 1. The van der Waals surface area contributed by atoms with Gasteiger partial charge in [-0.15, -0.1) is 0 Å². The molecule has 0 saturated carbocycles. The molecule has 84 valence electrons. The Balaban J connectivity index is 2.54. The summed E-state index contributed by atoms with van der Waals surface area (Å²) in [4.78, 5) is 4.18. The van der Waals surface area contributed by atoms with Crippen molar-refractivity contribution in [2.24, 2.45) is 5.41 Å². The zero-order valence-electron chi connectivity index (χ0n) is 10.1. The van der Waals surface area contributed by atoms with Crippen molar-refractivity contribution in [2.75, 3.05) is 0 Å². The first-order valence-electron chi connectivity index (χ1n) is 5.49. The van der Waals surface area contributed by atoms with Gasteiger partial charge in [0, 0.05) is 11.9 Å².